The number of aromatic nitrogens is 2. The van der Waals surface area contributed by atoms with E-state index in [1.807, 2.05) is 6.92 Å². The smallest absolute Gasteiger partial charge is 0.406 e. The number of ether oxygens (including phenoxy) is 1. The number of nitrogens with zero attached hydrogens (tertiary/aromatic N) is 2. The second kappa shape index (κ2) is 5.59. The van der Waals surface area contributed by atoms with E-state index >= 15 is 0 Å². The van der Waals surface area contributed by atoms with Crippen LogP contribution in [0.3, 0.4) is 0 Å². The lowest BCUT2D eigenvalue weighted by molar-refractivity contribution is -0.274. The zero-order valence-electron chi connectivity index (χ0n) is 11.5. The summed E-state index contributed by atoms with van der Waals surface area (Å²) in [6.45, 7) is 3.73. The minimum Gasteiger partial charge on any atom is -0.406 e. The molecule has 0 fully saturated rings. The van der Waals surface area contributed by atoms with E-state index in [0.29, 0.717) is 17.8 Å². The third kappa shape index (κ3) is 3.62. The fourth-order valence-corrected chi connectivity index (χ4v) is 1.89. The molecule has 21 heavy (non-hydrogen) atoms. The molecule has 2 aromatic rings. The van der Waals surface area contributed by atoms with Crippen LogP contribution >= 0.6 is 0 Å². The second-order valence-corrected chi connectivity index (χ2v) is 4.43. The minimum atomic E-state index is -4.74. The number of halogens is 3. The Morgan fingerprint density at radius 1 is 1.24 bits per heavy atom. The lowest BCUT2D eigenvalue weighted by Crippen LogP contribution is -2.17. The van der Waals surface area contributed by atoms with Gasteiger partial charge >= 0.3 is 6.36 Å². The van der Waals surface area contributed by atoms with Gasteiger partial charge in [-0.3, -0.25) is 0 Å². The highest BCUT2D eigenvalue weighted by Crippen LogP contribution is 2.27. The number of hydrogen-bond acceptors (Lipinski definition) is 4. The highest BCUT2D eigenvalue weighted by atomic mass is 19.4. The first-order chi connectivity index (χ1) is 9.80. The molecule has 1 aromatic heterocycles. The molecule has 0 spiro atoms. The number of hydrogen-bond donors (Lipinski definition) is 1. The van der Waals surface area contributed by atoms with E-state index in [9.17, 15) is 13.2 Å². The van der Waals surface area contributed by atoms with E-state index in [4.69, 9.17) is 5.73 Å². The van der Waals surface area contributed by atoms with Gasteiger partial charge in [0.05, 0.1) is 0 Å². The molecule has 7 heteroatoms. The Labute approximate surface area is 119 Å². The summed E-state index contributed by atoms with van der Waals surface area (Å²) in [6, 6.07) is 5.50. The van der Waals surface area contributed by atoms with Crippen molar-refractivity contribution < 1.29 is 17.9 Å². The molecule has 0 saturated heterocycles. The zero-order chi connectivity index (χ0) is 15.6. The van der Waals surface area contributed by atoms with Gasteiger partial charge in [0.25, 0.3) is 0 Å². The molecular weight excluding hydrogens is 283 g/mol. The molecule has 2 N–H and O–H groups in total. The molecule has 0 aliphatic carbocycles. The van der Waals surface area contributed by atoms with Crippen LogP contribution in [0.4, 0.5) is 19.0 Å². The van der Waals surface area contributed by atoms with Crippen molar-refractivity contribution in [1.29, 1.82) is 0 Å². The standard InChI is InChI=1S/C14H14F3N3O/c1-3-11-8(2)12(18)20-13(19-11)9-5-4-6-10(7-9)21-14(15,16)17/h4-7H,3H2,1-2H3,(H2,18,19,20). The summed E-state index contributed by atoms with van der Waals surface area (Å²) in [4.78, 5) is 8.45. The summed E-state index contributed by atoms with van der Waals surface area (Å²) in [5, 5.41) is 0. The van der Waals surface area contributed by atoms with Crippen molar-refractivity contribution in [3.05, 3.63) is 35.5 Å². The predicted molar refractivity (Wildman–Crippen MR) is 72.7 cm³/mol. The van der Waals surface area contributed by atoms with Crippen LogP contribution in [0.5, 0.6) is 5.75 Å². The van der Waals surface area contributed by atoms with E-state index in [1.165, 1.54) is 18.2 Å². The lowest BCUT2D eigenvalue weighted by Gasteiger charge is -2.11. The molecule has 4 nitrogen and oxygen atoms in total. The molecule has 0 bridgehead atoms. The number of alkyl halides is 3. The van der Waals surface area contributed by atoms with Gasteiger partial charge in [0, 0.05) is 16.8 Å². The van der Waals surface area contributed by atoms with Crippen molar-refractivity contribution in [2.45, 2.75) is 26.6 Å². The van der Waals surface area contributed by atoms with E-state index < -0.39 is 6.36 Å². The van der Waals surface area contributed by atoms with Crippen molar-refractivity contribution in [2.75, 3.05) is 5.73 Å². The second-order valence-electron chi connectivity index (χ2n) is 4.43. The molecule has 0 unspecified atom stereocenters. The summed E-state index contributed by atoms with van der Waals surface area (Å²) in [6.07, 6.45) is -4.08. The van der Waals surface area contributed by atoms with Crippen LogP contribution in [-0.2, 0) is 6.42 Å². The van der Waals surface area contributed by atoms with Gasteiger partial charge in [0.2, 0.25) is 0 Å². The van der Waals surface area contributed by atoms with Crippen LogP contribution in [0.2, 0.25) is 0 Å². The maximum atomic E-state index is 12.2. The third-order valence-electron chi connectivity index (χ3n) is 2.94. The predicted octanol–water partition coefficient (Wildman–Crippen LogP) is 3.50. The van der Waals surface area contributed by atoms with Gasteiger partial charge in [0.15, 0.2) is 5.82 Å². The van der Waals surface area contributed by atoms with Gasteiger partial charge in [-0.15, -0.1) is 13.2 Å². The maximum absolute atomic E-state index is 12.2. The van der Waals surface area contributed by atoms with E-state index in [1.54, 1.807) is 13.0 Å². The average molecular weight is 297 g/mol. The van der Waals surface area contributed by atoms with Crippen molar-refractivity contribution in [2.24, 2.45) is 0 Å². The molecule has 0 aliphatic rings. The number of rotatable bonds is 3. The van der Waals surface area contributed by atoms with E-state index in [2.05, 4.69) is 14.7 Å². The lowest BCUT2D eigenvalue weighted by atomic mass is 10.1. The summed E-state index contributed by atoms with van der Waals surface area (Å²) < 4.78 is 40.6. The Morgan fingerprint density at radius 3 is 2.57 bits per heavy atom. The number of nitrogen functional groups attached to an aromatic ring is 1. The van der Waals surface area contributed by atoms with Gasteiger partial charge in [0.1, 0.15) is 11.6 Å². The summed E-state index contributed by atoms with van der Waals surface area (Å²) in [5.74, 6) is 0.280. The minimum absolute atomic E-state index is 0.280. The van der Waals surface area contributed by atoms with Crippen LogP contribution in [0.15, 0.2) is 24.3 Å². The van der Waals surface area contributed by atoms with E-state index in [0.717, 1.165) is 11.3 Å². The topological polar surface area (TPSA) is 61.0 Å². The third-order valence-corrected chi connectivity index (χ3v) is 2.94. The molecule has 1 heterocycles. The maximum Gasteiger partial charge on any atom is 0.573 e. The van der Waals surface area contributed by atoms with Crippen molar-refractivity contribution in [3.63, 3.8) is 0 Å². The summed E-state index contributed by atoms with van der Waals surface area (Å²) in [5.41, 5.74) is 7.77. The molecule has 0 saturated carbocycles. The summed E-state index contributed by atoms with van der Waals surface area (Å²) >= 11 is 0. The fraction of sp³-hybridized carbons (Fsp3) is 0.286. The molecule has 1 aromatic carbocycles. The number of nitrogens with two attached hydrogens (primary N) is 1. The largest absolute Gasteiger partial charge is 0.573 e. The van der Waals surface area contributed by atoms with Gasteiger partial charge < -0.3 is 10.5 Å². The number of benzene rings is 1. The SMILES string of the molecule is CCc1nc(-c2cccc(OC(F)(F)F)c2)nc(N)c1C. The fourth-order valence-electron chi connectivity index (χ4n) is 1.89. The Balaban J connectivity index is 2.43. The number of aryl methyl sites for hydroxylation is 1. The molecule has 0 aliphatic heterocycles. The van der Waals surface area contributed by atoms with Crippen LogP contribution in [0.1, 0.15) is 18.2 Å². The van der Waals surface area contributed by atoms with E-state index in [-0.39, 0.29) is 11.6 Å². The van der Waals surface area contributed by atoms with Crippen LogP contribution in [0.25, 0.3) is 11.4 Å². The molecular formula is C14H14F3N3O. The highest BCUT2D eigenvalue weighted by Gasteiger charge is 2.31. The van der Waals surface area contributed by atoms with Crippen molar-refractivity contribution in [1.82, 2.24) is 9.97 Å². The number of anilines is 1. The molecule has 112 valence electrons. The van der Waals surface area contributed by atoms with Crippen LogP contribution in [0, 0.1) is 6.92 Å². The summed E-state index contributed by atoms with van der Waals surface area (Å²) in [7, 11) is 0. The Kier molecular flexibility index (Phi) is 4.02. The zero-order valence-corrected chi connectivity index (χ0v) is 11.5. The van der Waals surface area contributed by atoms with Crippen molar-refractivity contribution >= 4 is 5.82 Å². The first-order valence-corrected chi connectivity index (χ1v) is 6.29. The first kappa shape index (κ1) is 15.1. The highest BCUT2D eigenvalue weighted by molar-refractivity contribution is 5.60. The Morgan fingerprint density at radius 2 is 1.95 bits per heavy atom. The van der Waals surface area contributed by atoms with Gasteiger partial charge in [-0.25, -0.2) is 9.97 Å². The Hall–Kier alpha value is -2.31. The van der Waals surface area contributed by atoms with Gasteiger partial charge in [-0.2, -0.15) is 0 Å². The first-order valence-electron chi connectivity index (χ1n) is 6.29. The monoisotopic (exact) mass is 297 g/mol. The quantitative estimate of drug-likeness (QED) is 0.942. The van der Waals surface area contributed by atoms with Gasteiger partial charge in [-0.05, 0) is 25.5 Å². The molecule has 0 atom stereocenters. The average Bonchev–Trinajstić information content (AvgIpc) is 2.40. The molecule has 0 radical (unpaired) electrons. The van der Waals surface area contributed by atoms with Crippen molar-refractivity contribution in [3.8, 4) is 17.1 Å². The van der Waals surface area contributed by atoms with Gasteiger partial charge in [-0.1, -0.05) is 19.1 Å². The van der Waals surface area contributed by atoms with Crippen LogP contribution in [-0.4, -0.2) is 16.3 Å². The molecule has 2 rings (SSSR count). The van der Waals surface area contributed by atoms with Crippen LogP contribution < -0.4 is 10.5 Å². The molecule has 0 amide bonds. The normalized spacial score (nSPS) is 11.5. The Bertz CT molecular complexity index is 656.